The lowest BCUT2D eigenvalue weighted by atomic mass is 9.61. The Kier molecular flexibility index (Phi) is 4.99. The summed E-state index contributed by atoms with van der Waals surface area (Å²) in [5.74, 6) is 0. The average Bonchev–Trinajstić information content (AvgIpc) is 2.88. The molecular formula is C34H36. The third kappa shape index (κ3) is 2.72. The van der Waals surface area contributed by atoms with Crippen LogP contribution in [0.4, 0.5) is 0 Å². The fourth-order valence-corrected chi connectivity index (χ4v) is 7.06. The molecule has 0 aliphatic heterocycles. The van der Waals surface area contributed by atoms with Crippen molar-refractivity contribution in [2.75, 3.05) is 0 Å². The van der Waals surface area contributed by atoms with Gasteiger partial charge in [0, 0.05) is 5.41 Å². The first-order valence-corrected chi connectivity index (χ1v) is 13.3. The predicted molar refractivity (Wildman–Crippen MR) is 150 cm³/mol. The topological polar surface area (TPSA) is 0 Å². The van der Waals surface area contributed by atoms with Crippen LogP contribution in [0.25, 0.3) is 43.4 Å². The summed E-state index contributed by atoms with van der Waals surface area (Å²) >= 11 is 0. The van der Waals surface area contributed by atoms with Gasteiger partial charge >= 0.3 is 0 Å². The number of fused-ring (bicyclic) bond motifs is 2. The number of hydrogen-bond acceptors (Lipinski definition) is 0. The van der Waals surface area contributed by atoms with E-state index in [1.165, 1.54) is 98.7 Å². The first kappa shape index (κ1) is 21.7. The highest BCUT2D eigenvalue weighted by molar-refractivity contribution is 6.28. The zero-order chi connectivity index (χ0) is 23.6. The number of hydrogen-bond donors (Lipinski definition) is 0. The molecule has 0 heteroatoms. The molecule has 34 heavy (non-hydrogen) atoms. The van der Waals surface area contributed by atoms with E-state index in [1.54, 1.807) is 11.1 Å². The van der Waals surface area contributed by atoms with Gasteiger partial charge in [-0.2, -0.15) is 0 Å². The molecule has 0 N–H and O–H groups in total. The van der Waals surface area contributed by atoms with E-state index in [4.69, 9.17) is 0 Å². The number of unbranched alkanes of at least 4 members (excludes halogenated alkanes) is 2. The van der Waals surface area contributed by atoms with E-state index in [1.807, 2.05) is 0 Å². The number of aryl methyl sites for hydroxylation is 2. The molecule has 0 saturated heterocycles. The molecular weight excluding hydrogens is 408 g/mol. The Balaban J connectivity index is 1.87. The second-order valence-corrected chi connectivity index (χ2v) is 10.8. The van der Waals surface area contributed by atoms with Crippen LogP contribution in [0.15, 0.2) is 54.6 Å². The molecule has 0 amide bonds. The minimum atomic E-state index is 0.0922. The predicted octanol–water partition coefficient (Wildman–Crippen LogP) is 10.2. The Morgan fingerprint density at radius 1 is 0.588 bits per heavy atom. The molecule has 6 rings (SSSR count). The highest BCUT2D eigenvalue weighted by Gasteiger charge is 2.41. The van der Waals surface area contributed by atoms with E-state index in [2.05, 4.69) is 89.2 Å². The Labute approximate surface area is 204 Å². The van der Waals surface area contributed by atoms with Gasteiger partial charge in [-0.3, -0.25) is 0 Å². The molecule has 0 bridgehead atoms. The zero-order valence-corrected chi connectivity index (χ0v) is 21.4. The maximum Gasteiger partial charge on any atom is 0.0215 e. The van der Waals surface area contributed by atoms with Gasteiger partial charge in [-0.05, 0) is 111 Å². The lowest BCUT2D eigenvalue weighted by molar-refractivity contribution is 0.408. The molecule has 1 aliphatic rings. The van der Waals surface area contributed by atoms with Crippen molar-refractivity contribution in [3.63, 3.8) is 0 Å². The molecule has 0 radical (unpaired) electrons. The summed E-state index contributed by atoms with van der Waals surface area (Å²) in [5, 5.41) is 8.81. The van der Waals surface area contributed by atoms with Gasteiger partial charge in [-0.25, -0.2) is 0 Å². The van der Waals surface area contributed by atoms with Crippen LogP contribution in [0.1, 0.15) is 80.2 Å². The lowest BCUT2D eigenvalue weighted by Crippen LogP contribution is -2.31. The van der Waals surface area contributed by atoms with Crippen LogP contribution in [0.5, 0.6) is 0 Å². The van der Waals surface area contributed by atoms with Crippen molar-refractivity contribution in [1.82, 2.24) is 0 Å². The smallest absolute Gasteiger partial charge is 0.0215 e. The van der Waals surface area contributed by atoms with Crippen LogP contribution in [0, 0.1) is 20.8 Å². The molecule has 0 heterocycles. The molecule has 0 fully saturated rings. The maximum absolute atomic E-state index is 2.64. The average molecular weight is 445 g/mol. The largest absolute Gasteiger partial charge is 0.0654 e. The summed E-state index contributed by atoms with van der Waals surface area (Å²) in [6.07, 6.45) is 7.48. The standard InChI is InChI=1S/C34H36/c1-6-8-18-34(19-9-7-2)29-13-11-10-12-26(29)27-17-15-24-14-16-25-22(4)21(3)23(5)28-20-30(34)33(27)31(24)32(25)28/h10-17,20H,6-9,18-19H2,1-5H3. The molecule has 5 aromatic carbocycles. The van der Waals surface area contributed by atoms with Gasteiger partial charge in [-0.1, -0.05) is 88.1 Å². The van der Waals surface area contributed by atoms with Crippen molar-refractivity contribution in [2.24, 2.45) is 0 Å². The van der Waals surface area contributed by atoms with Crippen molar-refractivity contribution < 1.29 is 0 Å². The summed E-state index contributed by atoms with van der Waals surface area (Å²) < 4.78 is 0. The molecule has 0 saturated carbocycles. The minimum Gasteiger partial charge on any atom is -0.0654 e. The third-order valence-electron chi connectivity index (χ3n) is 9.11. The fraction of sp³-hybridized carbons (Fsp3) is 0.353. The van der Waals surface area contributed by atoms with Crippen LogP contribution >= 0.6 is 0 Å². The van der Waals surface area contributed by atoms with E-state index in [0.717, 1.165) is 0 Å². The number of benzene rings is 5. The summed E-state index contributed by atoms with van der Waals surface area (Å²) in [5.41, 5.74) is 10.5. The van der Waals surface area contributed by atoms with Crippen molar-refractivity contribution >= 4 is 32.3 Å². The zero-order valence-electron chi connectivity index (χ0n) is 21.4. The molecule has 1 aliphatic carbocycles. The Bertz CT molecular complexity index is 1540. The molecule has 172 valence electrons. The van der Waals surface area contributed by atoms with Gasteiger partial charge in [0.2, 0.25) is 0 Å². The summed E-state index contributed by atoms with van der Waals surface area (Å²) in [6, 6.07) is 21.5. The molecule has 0 unspecified atom stereocenters. The van der Waals surface area contributed by atoms with Crippen LogP contribution in [-0.4, -0.2) is 0 Å². The fourth-order valence-electron chi connectivity index (χ4n) is 7.06. The van der Waals surface area contributed by atoms with Crippen LogP contribution in [-0.2, 0) is 5.41 Å². The van der Waals surface area contributed by atoms with Gasteiger partial charge in [0.05, 0.1) is 0 Å². The maximum atomic E-state index is 2.64. The Hall–Kier alpha value is -2.86. The highest BCUT2D eigenvalue weighted by atomic mass is 14.4. The number of rotatable bonds is 6. The van der Waals surface area contributed by atoms with Gasteiger partial charge in [-0.15, -0.1) is 0 Å². The van der Waals surface area contributed by atoms with Crippen LogP contribution in [0.2, 0.25) is 0 Å². The van der Waals surface area contributed by atoms with E-state index in [9.17, 15) is 0 Å². The second-order valence-electron chi connectivity index (χ2n) is 10.8. The monoisotopic (exact) mass is 444 g/mol. The van der Waals surface area contributed by atoms with Crippen molar-refractivity contribution in [1.29, 1.82) is 0 Å². The van der Waals surface area contributed by atoms with Gasteiger partial charge in [0.1, 0.15) is 0 Å². The van der Waals surface area contributed by atoms with E-state index in [0.29, 0.717) is 0 Å². The van der Waals surface area contributed by atoms with Crippen molar-refractivity contribution in [3.8, 4) is 11.1 Å². The van der Waals surface area contributed by atoms with Crippen molar-refractivity contribution in [2.45, 2.75) is 78.6 Å². The lowest BCUT2D eigenvalue weighted by Gasteiger charge is -2.42. The minimum absolute atomic E-state index is 0.0922. The first-order chi connectivity index (χ1) is 16.5. The quantitative estimate of drug-likeness (QED) is 0.228. The summed E-state index contributed by atoms with van der Waals surface area (Å²) in [7, 11) is 0. The molecule has 0 aromatic heterocycles. The Morgan fingerprint density at radius 3 is 2.00 bits per heavy atom. The van der Waals surface area contributed by atoms with Crippen LogP contribution < -0.4 is 0 Å². The molecule has 0 atom stereocenters. The SMILES string of the molecule is CCCCC1(CCCC)c2ccccc2-c2ccc3ccc4c(C)c(C)c(C)c5cc1c2c3c45. The van der Waals surface area contributed by atoms with Crippen LogP contribution in [0.3, 0.4) is 0 Å². The second kappa shape index (κ2) is 7.84. The van der Waals surface area contributed by atoms with Crippen molar-refractivity contribution in [3.05, 3.63) is 82.4 Å². The molecule has 0 nitrogen and oxygen atoms in total. The van der Waals surface area contributed by atoms with E-state index >= 15 is 0 Å². The highest BCUT2D eigenvalue weighted by Crippen LogP contribution is 2.56. The molecule has 5 aromatic rings. The summed E-state index contributed by atoms with van der Waals surface area (Å²) in [4.78, 5) is 0. The normalized spacial score (nSPS) is 14.4. The summed E-state index contributed by atoms with van der Waals surface area (Å²) in [6.45, 7) is 11.7. The van der Waals surface area contributed by atoms with E-state index < -0.39 is 0 Å². The van der Waals surface area contributed by atoms with Gasteiger partial charge < -0.3 is 0 Å². The third-order valence-corrected chi connectivity index (χ3v) is 9.11. The Morgan fingerprint density at radius 2 is 1.26 bits per heavy atom. The van der Waals surface area contributed by atoms with E-state index in [-0.39, 0.29) is 5.41 Å². The molecule has 0 spiro atoms. The first-order valence-electron chi connectivity index (χ1n) is 13.3. The van der Waals surface area contributed by atoms with Gasteiger partial charge in [0.15, 0.2) is 0 Å². The van der Waals surface area contributed by atoms with Gasteiger partial charge in [0.25, 0.3) is 0 Å².